The van der Waals surface area contributed by atoms with Gasteiger partial charge < -0.3 is 10.5 Å². The van der Waals surface area contributed by atoms with E-state index >= 15 is 0 Å². The number of rotatable bonds is 5. The average Bonchev–Trinajstić information content (AvgIpc) is 2.85. The van der Waals surface area contributed by atoms with Crippen LogP contribution in [0.4, 0.5) is 8.78 Å². The first-order chi connectivity index (χ1) is 9.08. The summed E-state index contributed by atoms with van der Waals surface area (Å²) >= 11 is 0. The number of imidazole rings is 1. The largest absolute Gasteiger partial charge is 0.486 e. The molecule has 4 nitrogen and oxygen atoms in total. The van der Waals surface area contributed by atoms with E-state index in [0.717, 1.165) is 10.1 Å². The lowest BCUT2D eigenvalue weighted by Crippen LogP contribution is -2.08. The Hall–Kier alpha value is -1.95. The second kappa shape index (κ2) is 5.79. The number of aromatic nitrogens is 2. The zero-order valence-electron chi connectivity index (χ0n) is 10.5. The minimum absolute atomic E-state index is 0.0141. The van der Waals surface area contributed by atoms with Gasteiger partial charge in [-0.25, -0.2) is 4.98 Å². The van der Waals surface area contributed by atoms with Crippen LogP contribution >= 0.6 is 0 Å². The van der Waals surface area contributed by atoms with Gasteiger partial charge in [0.15, 0.2) is 5.82 Å². The van der Waals surface area contributed by atoms with Gasteiger partial charge in [-0.15, -0.1) is 0 Å². The van der Waals surface area contributed by atoms with Crippen LogP contribution < -0.4 is 10.5 Å². The van der Waals surface area contributed by atoms with Crippen LogP contribution in [0, 0.1) is 0 Å². The monoisotopic (exact) mass is 267 g/mol. The van der Waals surface area contributed by atoms with Crippen molar-refractivity contribution >= 4 is 0 Å². The lowest BCUT2D eigenvalue weighted by atomic mass is 10.1. The van der Waals surface area contributed by atoms with E-state index in [1.54, 1.807) is 12.1 Å². The Bertz CT molecular complexity index is 540. The molecule has 2 N–H and O–H groups in total. The van der Waals surface area contributed by atoms with Crippen LogP contribution in [0.25, 0.3) is 0 Å². The van der Waals surface area contributed by atoms with Crippen molar-refractivity contribution in [3.05, 3.63) is 48.0 Å². The quantitative estimate of drug-likeness (QED) is 0.906. The highest BCUT2D eigenvalue weighted by Crippen LogP contribution is 2.19. The third-order valence-electron chi connectivity index (χ3n) is 2.71. The van der Waals surface area contributed by atoms with Crippen molar-refractivity contribution in [2.75, 3.05) is 0 Å². The van der Waals surface area contributed by atoms with Crippen LogP contribution in [0.2, 0.25) is 0 Å². The van der Waals surface area contributed by atoms with Gasteiger partial charge in [-0.2, -0.15) is 8.78 Å². The molecule has 2 rings (SSSR count). The molecule has 0 radical (unpaired) electrons. The summed E-state index contributed by atoms with van der Waals surface area (Å²) in [7, 11) is 0. The standard InChI is InChI=1S/C13H15F2N3O/c1-9(16)10-3-2-4-11(7-10)19-8-12-17-5-6-18(12)13(14)15/h2-7,9,13H,8,16H2,1H3. The first-order valence-electron chi connectivity index (χ1n) is 5.86. The molecule has 1 heterocycles. The van der Waals surface area contributed by atoms with E-state index < -0.39 is 6.55 Å². The van der Waals surface area contributed by atoms with Gasteiger partial charge in [0.2, 0.25) is 0 Å². The topological polar surface area (TPSA) is 53.1 Å². The van der Waals surface area contributed by atoms with E-state index in [2.05, 4.69) is 4.98 Å². The predicted octanol–water partition coefficient (Wildman–Crippen LogP) is 2.88. The van der Waals surface area contributed by atoms with E-state index in [0.29, 0.717) is 5.75 Å². The van der Waals surface area contributed by atoms with Gasteiger partial charge >= 0.3 is 6.55 Å². The molecule has 0 bridgehead atoms. The Morgan fingerprint density at radius 2 is 2.21 bits per heavy atom. The molecule has 0 fully saturated rings. The van der Waals surface area contributed by atoms with Gasteiger partial charge in [0, 0.05) is 18.4 Å². The lowest BCUT2D eigenvalue weighted by Gasteiger charge is -2.11. The molecule has 0 saturated carbocycles. The SMILES string of the molecule is CC(N)c1cccc(OCc2nccn2C(F)F)c1. The fraction of sp³-hybridized carbons (Fsp3) is 0.308. The number of halogens is 2. The van der Waals surface area contributed by atoms with E-state index in [1.165, 1.54) is 12.4 Å². The lowest BCUT2D eigenvalue weighted by molar-refractivity contribution is 0.0632. The van der Waals surface area contributed by atoms with E-state index in [1.807, 2.05) is 19.1 Å². The van der Waals surface area contributed by atoms with Crippen molar-refractivity contribution in [2.45, 2.75) is 26.1 Å². The average molecular weight is 267 g/mol. The summed E-state index contributed by atoms with van der Waals surface area (Å²) in [6.07, 6.45) is 2.55. The first-order valence-corrected chi connectivity index (χ1v) is 5.86. The number of hydrogen-bond acceptors (Lipinski definition) is 3. The summed E-state index contributed by atoms with van der Waals surface area (Å²) in [6.45, 7) is -0.765. The van der Waals surface area contributed by atoms with Crippen LogP contribution in [0.1, 0.15) is 30.9 Å². The Balaban J connectivity index is 2.06. The summed E-state index contributed by atoms with van der Waals surface area (Å²) in [6, 6.07) is 7.14. The molecule has 0 saturated heterocycles. The highest BCUT2D eigenvalue weighted by molar-refractivity contribution is 5.30. The van der Waals surface area contributed by atoms with Gasteiger partial charge in [-0.3, -0.25) is 4.57 Å². The third-order valence-corrected chi connectivity index (χ3v) is 2.71. The molecule has 6 heteroatoms. The van der Waals surface area contributed by atoms with Gasteiger partial charge in [0.1, 0.15) is 12.4 Å². The number of ether oxygens (including phenoxy) is 1. The van der Waals surface area contributed by atoms with Crippen molar-refractivity contribution in [1.29, 1.82) is 0 Å². The summed E-state index contributed by atoms with van der Waals surface area (Å²) in [5.41, 5.74) is 6.69. The second-order valence-corrected chi connectivity index (χ2v) is 4.18. The summed E-state index contributed by atoms with van der Waals surface area (Å²) in [5, 5.41) is 0. The Morgan fingerprint density at radius 1 is 1.42 bits per heavy atom. The van der Waals surface area contributed by atoms with E-state index in [4.69, 9.17) is 10.5 Å². The molecule has 0 aliphatic carbocycles. The fourth-order valence-electron chi connectivity index (χ4n) is 1.67. The first kappa shape index (κ1) is 13.5. The van der Waals surface area contributed by atoms with Crippen molar-refractivity contribution in [3.63, 3.8) is 0 Å². The van der Waals surface area contributed by atoms with E-state index in [9.17, 15) is 8.78 Å². The van der Waals surface area contributed by atoms with Gasteiger partial charge in [0.05, 0.1) is 0 Å². The highest BCUT2D eigenvalue weighted by atomic mass is 19.3. The molecule has 0 amide bonds. The molecule has 1 atom stereocenters. The van der Waals surface area contributed by atoms with Crippen LogP contribution in [0.5, 0.6) is 5.75 Å². The van der Waals surface area contributed by atoms with Crippen molar-refractivity contribution in [3.8, 4) is 5.75 Å². The maximum absolute atomic E-state index is 12.6. The molecular weight excluding hydrogens is 252 g/mol. The van der Waals surface area contributed by atoms with Crippen LogP contribution in [-0.2, 0) is 6.61 Å². The number of nitrogens with two attached hydrogens (primary N) is 1. The van der Waals surface area contributed by atoms with Crippen LogP contribution in [0.15, 0.2) is 36.7 Å². The molecule has 0 aliphatic rings. The maximum Gasteiger partial charge on any atom is 0.320 e. The Kier molecular flexibility index (Phi) is 4.11. The minimum Gasteiger partial charge on any atom is -0.486 e. The Morgan fingerprint density at radius 3 is 2.89 bits per heavy atom. The summed E-state index contributed by atoms with van der Waals surface area (Å²) in [5.74, 6) is 0.764. The molecule has 1 unspecified atom stereocenters. The normalized spacial score (nSPS) is 12.7. The van der Waals surface area contributed by atoms with Gasteiger partial charge in [-0.05, 0) is 24.6 Å². The maximum atomic E-state index is 12.6. The smallest absolute Gasteiger partial charge is 0.320 e. The molecule has 2 aromatic rings. The third kappa shape index (κ3) is 3.29. The summed E-state index contributed by atoms with van der Waals surface area (Å²) in [4.78, 5) is 3.84. The molecular formula is C13H15F2N3O. The molecule has 0 spiro atoms. The molecule has 19 heavy (non-hydrogen) atoms. The molecule has 1 aromatic carbocycles. The fourth-order valence-corrected chi connectivity index (χ4v) is 1.67. The number of nitrogens with zero attached hydrogens (tertiary/aromatic N) is 2. The molecule has 102 valence electrons. The van der Waals surface area contributed by atoms with Crippen LogP contribution in [0.3, 0.4) is 0 Å². The van der Waals surface area contributed by atoms with Crippen molar-refractivity contribution < 1.29 is 13.5 Å². The minimum atomic E-state index is -2.61. The second-order valence-electron chi connectivity index (χ2n) is 4.18. The molecule has 1 aromatic heterocycles. The van der Waals surface area contributed by atoms with Crippen molar-refractivity contribution in [1.82, 2.24) is 9.55 Å². The molecule has 0 aliphatic heterocycles. The number of benzene rings is 1. The zero-order chi connectivity index (χ0) is 13.8. The number of alkyl halides is 2. The van der Waals surface area contributed by atoms with Crippen molar-refractivity contribution in [2.24, 2.45) is 5.73 Å². The zero-order valence-corrected chi connectivity index (χ0v) is 10.5. The summed E-state index contributed by atoms with van der Waals surface area (Å²) < 4.78 is 31.4. The van der Waals surface area contributed by atoms with Gasteiger partial charge in [-0.1, -0.05) is 12.1 Å². The predicted molar refractivity (Wildman–Crippen MR) is 66.9 cm³/mol. The highest BCUT2D eigenvalue weighted by Gasteiger charge is 2.11. The van der Waals surface area contributed by atoms with Crippen LogP contribution in [-0.4, -0.2) is 9.55 Å². The van der Waals surface area contributed by atoms with Gasteiger partial charge in [0.25, 0.3) is 0 Å². The van der Waals surface area contributed by atoms with E-state index in [-0.39, 0.29) is 18.5 Å². The number of hydrogen-bond donors (Lipinski definition) is 1. The Labute approximate surface area is 109 Å².